The van der Waals surface area contributed by atoms with Crippen LogP contribution >= 0.6 is 0 Å². The summed E-state index contributed by atoms with van der Waals surface area (Å²) in [6.07, 6.45) is 2.55. The first-order valence-corrected chi connectivity index (χ1v) is 7.28. The van der Waals surface area contributed by atoms with E-state index in [9.17, 15) is 4.39 Å². The number of nitrogens with zero attached hydrogens (tertiary/aromatic N) is 3. The van der Waals surface area contributed by atoms with Gasteiger partial charge in [0.1, 0.15) is 11.6 Å². The maximum atomic E-state index is 13.5. The Kier molecular flexibility index (Phi) is 4.20. The van der Waals surface area contributed by atoms with Crippen molar-refractivity contribution in [3.8, 4) is 5.75 Å². The quantitative estimate of drug-likeness (QED) is 0.939. The predicted molar refractivity (Wildman–Crippen MR) is 82.5 cm³/mol. The average Bonchev–Trinajstić information content (AvgIpc) is 2.53. The molecular weight excluding hydrogens is 283 g/mol. The molecule has 1 unspecified atom stereocenters. The molecule has 6 heteroatoms. The predicted octanol–water partition coefficient (Wildman–Crippen LogP) is 2.30. The van der Waals surface area contributed by atoms with E-state index in [-0.39, 0.29) is 11.9 Å². The molecule has 0 radical (unpaired) electrons. The number of anilines is 1. The molecule has 1 aliphatic rings. The molecule has 1 aromatic carbocycles. The van der Waals surface area contributed by atoms with Crippen LogP contribution in [0.25, 0.3) is 0 Å². The number of benzene rings is 1. The number of aromatic nitrogens is 2. The molecule has 1 N–H and O–H groups in total. The molecule has 1 aromatic heterocycles. The first-order chi connectivity index (χ1) is 10.6. The van der Waals surface area contributed by atoms with Crippen LogP contribution in [0.5, 0.6) is 5.75 Å². The smallest absolute Gasteiger partial charge is 0.225 e. The van der Waals surface area contributed by atoms with Gasteiger partial charge in [-0.05, 0) is 24.3 Å². The highest BCUT2D eigenvalue weighted by atomic mass is 19.1. The van der Waals surface area contributed by atoms with Gasteiger partial charge in [0.25, 0.3) is 0 Å². The van der Waals surface area contributed by atoms with E-state index in [4.69, 9.17) is 4.74 Å². The van der Waals surface area contributed by atoms with Crippen molar-refractivity contribution in [1.82, 2.24) is 15.3 Å². The number of halogens is 1. The van der Waals surface area contributed by atoms with Crippen LogP contribution in [0.15, 0.2) is 30.5 Å². The van der Waals surface area contributed by atoms with Gasteiger partial charge in [-0.3, -0.25) is 0 Å². The van der Waals surface area contributed by atoms with Crippen LogP contribution in [0, 0.1) is 5.82 Å². The Balaban J connectivity index is 1.73. The highest BCUT2D eigenvalue weighted by Crippen LogP contribution is 2.32. The summed E-state index contributed by atoms with van der Waals surface area (Å²) in [6, 6.07) is 6.60. The lowest BCUT2D eigenvalue weighted by atomic mass is 10.0. The summed E-state index contributed by atoms with van der Waals surface area (Å²) in [6.45, 7) is 1.23. The molecule has 0 spiro atoms. The standard InChI is InChI=1S/C16H19FN4O/c1-21(2)16-18-7-5-12(20-16)10-19-14-6-8-22-15-4-3-11(17)9-13(14)15/h3-5,7,9,14,19H,6,8,10H2,1-2H3. The van der Waals surface area contributed by atoms with E-state index >= 15 is 0 Å². The molecule has 0 saturated carbocycles. The van der Waals surface area contributed by atoms with Crippen LogP contribution in [-0.4, -0.2) is 30.7 Å². The van der Waals surface area contributed by atoms with Crippen molar-refractivity contribution in [1.29, 1.82) is 0 Å². The van der Waals surface area contributed by atoms with Gasteiger partial charge in [0.15, 0.2) is 0 Å². The molecule has 2 aromatic rings. The van der Waals surface area contributed by atoms with Crippen LogP contribution < -0.4 is 15.0 Å². The van der Waals surface area contributed by atoms with Crippen molar-refractivity contribution in [2.45, 2.75) is 19.0 Å². The number of nitrogens with one attached hydrogen (secondary N) is 1. The fourth-order valence-corrected chi connectivity index (χ4v) is 2.50. The summed E-state index contributed by atoms with van der Waals surface area (Å²) in [5.41, 5.74) is 1.77. The fourth-order valence-electron chi connectivity index (χ4n) is 2.50. The van der Waals surface area contributed by atoms with Gasteiger partial charge in [0.05, 0.1) is 12.3 Å². The number of rotatable bonds is 4. The number of fused-ring (bicyclic) bond motifs is 1. The van der Waals surface area contributed by atoms with E-state index in [1.165, 1.54) is 12.1 Å². The summed E-state index contributed by atoms with van der Waals surface area (Å²) >= 11 is 0. The molecule has 0 amide bonds. The minimum absolute atomic E-state index is 0.0669. The highest BCUT2D eigenvalue weighted by Gasteiger charge is 2.21. The van der Waals surface area contributed by atoms with Gasteiger partial charge in [0.2, 0.25) is 5.95 Å². The van der Waals surface area contributed by atoms with Gasteiger partial charge in [-0.2, -0.15) is 0 Å². The van der Waals surface area contributed by atoms with Gasteiger partial charge in [-0.25, -0.2) is 14.4 Å². The van der Waals surface area contributed by atoms with E-state index in [1.54, 1.807) is 12.3 Å². The van der Waals surface area contributed by atoms with E-state index in [1.807, 2.05) is 25.1 Å². The monoisotopic (exact) mass is 302 g/mol. The Hall–Kier alpha value is -2.21. The third kappa shape index (κ3) is 3.17. The summed E-state index contributed by atoms with van der Waals surface area (Å²) < 4.78 is 19.0. The van der Waals surface area contributed by atoms with Crippen LogP contribution in [0.1, 0.15) is 23.7 Å². The second-order valence-electron chi connectivity index (χ2n) is 5.50. The van der Waals surface area contributed by atoms with Crippen molar-refractivity contribution >= 4 is 5.95 Å². The minimum Gasteiger partial charge on any atom is -0.493 e. The van der Waals surface area contributed by atoms with E-state index in [0.29, 0.717) is 19.1 Å². The topological polar surface area (TPSA) is 50.3 Å². The van der Waals surface area contributed by atoms with E-state index < -0.39 is 0 Å². The van der Waals surface area contributed by atoms with E-state index in [0.717, 1.165) is 23.4 Å². The lowest BCUT2D eigenvalue weighted by Gasteiger charge is -2.26. The summed E-state index contributed by atoms with van der Waals surface area (Å²) in [5, 5.41) is 3.43. The van der Waals surface area contributed by atoms with Gasteiger partial charge >= 0.3 is 0 Å². The average molecular weight is 302 g/mol. The second kappa shape index (κ2) is 6.27. The van der Waals surface area contributed by atoms with Gasteiger partial charge in [-0.15, -0.1) is 0 Å². The lowest BCUT2D eigenvalue weighted by molar-refractivity contribution is 0.251. The van der Waals surface area contributed by atoms with Crippen molar-refractivity contribution in [2.24, 2.45) is 0 Å². The zero-order valence-corrected chi connectivity index (χ0v) is 12.7. The molecule has 3 rings (SSSR count). The van der Waals surface area contributed by atoms with Gasteiger partial charge in [0, 0.05) is 44.9 Å². The zero-order chi connectivity index (χ0) is 15.5. The zero-order valence-electron chi connectivity index (χ0n) is 12.7. The molecule has 22 heavy (non-hydrogen) atoms. The fraction of sp³-hybridized carbons (Fsp3) is 0.375. The molecule has 0 bridgehead atoms. The van der Waals surface area contributed by atoms with Crippen molar-refractivity contribution in [3.05, 3.63) is 47.5 Å². The molecule has 0 aliphatic carbocycles. The van der Waals surface area contributed by atoms with E-state index in [2.05, 4.69) is 15.3 Å². The van der Waals surface area contributed by atoms with Crippen LogP contribution in [0.2, 0.25) is 0 Å². The SMILES string of the molecule is CN(C)c1nccc(CNC2CCOc3ccc(F)cc32)n1. The molecule has 5 nitrogen and oxygen atoms in total. The Morgan fingerprint density at radius 3 is 3.05 bits per heavy atom. The maximum absolute atomic E-state index is 13.5. The Morgan fingerprint density at radius 2 is 2.23 bits per heavy atom. The van der Waals surface area contributed by atoms with Crippen molar-refractivity contribution in [2.75, 3.05) is 25.6 Å². The molecule has 1 aliphatic heterocycles. The molecule has 0 fully saturated rings. The molecular formula is C16H19FN4O. The van der Waals surface area contributed by atoms with Gasteiger partial charge < -0.3 is 15.0 Å². The molecule has 1 atom stereocenters. The maximum Gasteiger partial charge on any atom is 0.225 e. The van der Waals surface area contributed by atoms with Crippen molar-refractivity contribution in [3.63, 3.8) is 0 Å². The third-order valence-corrected chi connectivity index (χ3v) is 3.64. The second-order valence-corrected chi connectivity index (χ2v) is 5.50. The van der Waals surface area contributed by atoms with Crippen LogP contribution in [0.3, 0.4) is 0 Å². The first kappa shape index (κ1) is 14.7. The Labute approximate surface area is 129 Å². The normalized spacial score (nSPS) is 16.8. The lowest BCUT2D eigenvalue weighted by Crippen LogP contribution is -2.27. The molecule has 0 saturated heterocycles. The van der Waals surface area contributed by atoms with Crippen molar-refractivity contribution < 1.29 is 9.13 Å². The number of hydrogen-bond donors (Lipinski definition) is 1. The largest absolute Gasteiger partial charge is 0.493 e. The minimum atomic E-state index is -0.243. The molecule has 116 valence electrons. The molecule has 2 heterocycles. The third-order valence-electron chi connectivity index (χ3n) is 3.64. The van der Waals surface area contributed by atoms with Crippen LogP contribution in [-0.2, 0) is 6.54 Å². The van der Waals surface area contributed by atoms with Gasteiger partial charge in [-0.1, -0.05) is 0 Å². The number of hydrogen-bond acceptors (Lipinski definition) is 5. The number of ether oxygens (including phenoxy) is 1. The highest BCUT2D eigenvalue weighted by molar-refractivity contribution is 5.38. The Bertz CT molecular complexity index is 662. The Morgan fingerprint density at radius 1 is 1.36 bits per heavy atom. The first-order valence-electron chi connectivity index (χ1n) is 7.28. The summed E-state index contributed by atoms with van der Waals surface area (Å²) in [4.78, 5) is 10.5. The summed E-state index contributed by atoms with van der Waals surface area (Å²) in [5.74, 6) is 1.19. The van der Waals surface area contributed by atoms with Crippen LogP contribution in [0.4, 0.5) is 10.3 Å². The summed E-state index contributed by atoms with van der Waals surface area (Å²) in [7, 11) is 3.81.